The molecule has 1 N–H and O–H groups in total. The molecule has 0 radical (unpaired) electrons. The van der Waals surface area contributed by atoms with Crippen molar-refractivity contribution >= 4 is 34.1 Å². The molecule has 1 aliphatic carbocycles. The van der Waals surface area contributed by atoms with Crippen molar-refractivity contribution < 1.29 is 13.9 Å². The van der Waals surface area contributed by atoms with Crippen molar-refractivity contribution in [3.05, 3.63) is 65.6 Å². The van der Waals surface area contributed by atoms with Gasteiger partial charge in [-0.15, -0.1) is 0 Å². The zero-order valence-corrected chi connectivity index (χ0v) is 16.3. The predicted molar refractivity (Wildman–Crippen MR) is 110 cm³/mol. The van der Waals surface area contributed by atoms with E-state index in [0.29, 0.717) is 29.4 Å². The molecule has 0 atom stereocenters. The molecule has 29 heavy (non-hydrogen) atoms. The van der Waals surface area contributed by atoms with E-state index in [2.05, 4.69) is 10.3 Å². The molecule has 3 aromatic rings. The number of amides is 2. The van der Waals surface area contributed by atoms with Gasteiger partial charge >= 0.3 is 6.03 Å². The highest BCUT2D eigenvalue weighted by Crippen LogP contribution is 2.50. The maximum Gasteiger partial charge on any atom is 0.321 e. The fourth-order valence-electron chi connectivity index (χ4n) is 4.26. The summed E-state index contributed by atoms with van der Waals surface area (Å²) in [6.07, 6.45) is 3.45. The third-order valence-corrected chi connectivity index (χ3v) is 5.98. The van der Waals surface area contributed by atoms with E-state index in [9.17, 15) is 9.18 Å². The average molecular weight is 412 g/mol. The number of likely N-dealkylation sites (tertiary alicyclic amines) is 1. The van der Waals surface area contributed by atoms with E-state index in [1.165, 1.54) is 12.1 Å². The van der Waals surface area contributed by atoms with E-state index in [0.717, 1.165) is 23.9 Å². The minimum Gasteiger partial charge on any atom is -0.474 e. The molecule has 7 heteroatoms. The van der Waals surface area contributed by atoms with Crippen LogP contribution < -0.4 is 10.1 Å². The van der Waals surface area contributed by atoms with Gasteiger partial charge in [-0.3, -0.25) is 0 Å². The number of anilines is 1. The number of hydrogen-bond acceptors (Lipinski definition) is 3. The minimum absolute atomic E-state index is 0.0397. The normalized spacial score (nSPS) is 17.7. The van der Waals surface area contributed by atoms with Crippen LogP contribution in [0.15, 0.2) is 54.7 Å². The Balaban J connectivity index is 1.16. The van der Waals surface area contributed by atoms with Crippen molar-refractivity contribution in [2.24, 2.45) is 5.41 Å². The Labute approximate surface area is 172 Å². The first kappa shape index (κ1) is 18.2. The van der Waals surface area contributed by atoms with Crippen LogP contribution in [0.2, 0.25) is 5.02 Å². The fourth-order valence-corrected chi connectivity index (χ4v) is 4.38. The van der Waals surface area contributed by atoms with E-state index in [-0.39, 0.29) is 23.4 Å². The third-order valence-electron chi connectivity index (χ3n) is 5.73. The monoisotopic (exact) mass is 411 g/mol. The molecular formula is C22H19ClFN3O2. The van der Waals surface area contributed by atoms with Gasteiger partial charge in [0.2, 0.25) is 5.88 Å². The van der Waals surface area contributed by atoms with Crippen LogP contribution in [0.1, 0.15) is 12.8 Å². The summed E-state index contributed by atoms with van der Waals surface area (Å²) in [4.78, 5) is 18.5. The lowest BCUT2D eigenvalue weighted by molar-refractivity contribution is -0.0989. The van der Waals surface area contributed by atoms with Crippen LogP contribution in [0.4, 0.5) is 14.9 Å². The van der Waals surface area contributed by atoms with Crippen LogP contribution in [-0.2, 0) is 0 Å². The van der Waals surface area contributed by atoms with Crippen molar-refractivity contribution in [3.63, 3.8) is 0 Å². The molecule has 2 amide bonds. The van der Waals surface area contributed by atoms with Gasteiger partial charge in [0.15, 0.2) is 0 Å². The molecule has 1 saturated heterocycles. The van der Waals surface area contributed by atoms with Crippen LogP contribution in [0.25, 0.3) is 10.8 Å². The van der Waals surface area contributed by atoms with E-state index < -0.39 is 0 Å². The molecule has 0 bridgehead atoms. The summed E-state index contributed by atoms with van der Waals surface area (Å²) in [6.45, 7) is 1.42. The van der Waals surface area contributed by atoms with E-state index in [1.807, 2.05) is 6.07 Å². The summed E-state index contributed by atoms with van der Waals surface area (Å²) in [5.41, 5.74) is 0.849. The molecule has 5 nitrogen and oxygen atoms in total. The Kier molecular flexibility index (Phi) is 4.32. The highest BCUT2D eigenvalue weighted by atomic mass is 35.5. The maximum absolute atomic E-state index is 13.6. The number of halogens is 2. The Morgan fingerprint density at radius 3 is 2.69 bits per heavy atom. The Bertz CT molecular complexity index is 1080. The average Bonchev–Trinajstić information content (AvgIpc) is 2.64. The van der Waals surface area contributed by atoms with Gasteiger partial charge in [0.25, 0.3) is 0 Å². The predicted octanol–water partition coefficient (Wildman–Crippen LogP) is 5.10. The van der Waals surface area contributed by atoms with Crippen LogP contribution in [-0.4, -0.2) is 35.1 Å². The first-order valence-electron chi connectivity index (χ1n) is 9.52. The van der Waals surface area contributed by atoms with Gasteiger partial charge in [0.05, 0.1) is 0 Å². The number of hydrogen-bond donors (Lipinski definition) is 1. The molecule has 0 unspecified atom stereocenters. The number of fused-ring (bicyclic) bond motifs is 1. The molecule has 1 saturated carbocycles. The van der Waals surface area contributed by atoms with Crippen molar-refractivity contribution in [1.29, 1.82) is 0 Å². The largest absolute Gasteiger partial charge is 0.474 e. The Morgan fingerprint density at radius 1 is 1.17 bits per heavy atom. The highest BCUT2D eigenvalue weighted by molar-refractivity contribution is 6.30. The Hall–Kier alpha value is -2.86. The van der Waals surface area contributed by atoms with E-state index >= 15 is 0 Å². The topological polar surface area (TPSA) is 54.5 Å². The number of carbonyl (C=O) groups excluding carboxylic acids is 1. The molecule has 2 heterocycles. The number of nitrogens with one attached hydrogen (secondary N) is 1. The van der Waals surface area contributed by atoms with Crippen molar-refractivity contribution in [3.8, 4) is 5.88 Å². The second-order valence-corrected chi connectivity index (χ2v) is 8.36. The minimum atomic E-state index is -0.304. The number of ether oxygens (including phenoxy) is 1. The number of urea groups is 1. The van der Waals surface area contributed by atoms with Gasteiger partial charge in [0.1, 0.15) is 11.9 Å². The van der Waals surface area contributed by atoms with Gasteiger partial charge in [-0.2, -0.15) is 0 Å². The smallest absolute Gasteiger partial charge is 0.321 e. The lowest BCUT2D eigenvalue weighted by Gasteiger charge is -2.58. The number of benzene rings is 2. The van der Waals surface area contributed by atoms with Gasteiger partial charge in [0, 0.05) is 40.8 Å². The zero-order chi connectivity index (χ0) is 20.0. The molecular weight excluding hydrogens is 393 g/mol. The zero-order valence-electron chi connectivity index (χ0n) is 15.6. The summed E-state index contributed by atoms with van der Waals surface area (Å²) in [7, 11) is 0. The molecule has 1 spiro atoms. The summed E-state index contributed by atoms with van der Waals surface area (Å²) in [6, 6.07) is 13.4. The van der Waals surface area contributed by atoms with Crippen molar-refractivity contribution in [2.75, 3.05) is 18.4 Å². The molecule has 2 fully saturated rings. The maximum atomic E-state index is 13.6. The van der Waals surface area contributed by atoms with Crippen LogP contribution >= 0.6 is 11.6 Å². The van der Waals surface area contributed by atoms with Gasteiger partial charge in [-0.25, -0.2) is 14.2 Å². The van der Waals surface area contributed by atoms with E-state index in [4.69, 9.17) is 16.3 Å². The van der Waals surface area contributed by atoms with Gasteiger partial charge in [-0.1, -0.05) is 17.7 Å². The first-order valence-corrected chi connectivity index (χ1v) is 9.90. The molecule has 2 aromatic carbocycles. The van der Waals surface area contributed by atoms with Gasteiger partial charge in [-0.05, 0) is 60.7 Å². The van der Waals surface area contributed by atoms with Crippen molar-refractivity contribution in [2.45, 2.75) is 18.9 Å². The summed E-state index contributed by atoms with van der Waals surface area (Å²) in [5.74, 6) is 0.167. The lowest BCUT2D eigenvalue weighted by Crippen LogP contribution is -2.66. The number of nitrogens with zero attached hydrogens (tertiary/aromatic N) is 2. The fraction of sp³-hybridized carbons (Fsp3) is 0.273. The molecule has 5 rings (SSSR count). The molecule has 1 aliphatic heterocycles. The van der Waals surface area contributed by atoms with Crippen LogP contribution in [0.5, 0.6) is 5.88 Å². The summed E-state index contributed by atoms with van der Waals surface area (Å²) < 4.78 is 19.6. The molecule has 2 aliphatic rings. The number of pyridine rings is 1. The molecule has 1 aromatic heterocycles. The summed E-state index contributed by atoms with van der Waals surface area (Å²) >= 11 is 5.87. The van der Waals surface area contributed by atoms with Crippen LogP contribution in [0, 0.1) is 11.2 Å². The third kappa shape index (κ3) is 3.49. The number of rotatable bonds is 3. The number of aromatic nitrogens is 1. The first-order chi connectivity index (χ1) is 14.0. The standard InChI is InChI=1S/C22H19ClFN3O2/c23-15-2-5-17(6-3-15)26-21(28)27-12-22(13-27)10-18(11-22)29-20-19-9-16(24)4-1-14(19)7-8-25-20/h1-9,18H,10-13H2,(H,26,28). The van der Waals surface area contributed by atoms with E-state index in [1.54, 1.807) is 41.4 Å². The highest BCUT2D eigenvalue weighted by Gasteiger charge is 2.55. The number of carbonyl (C=O) groups is 1. The summed E-state index contributed by atoms with van der Waals surface area (Å²) in [5, 5.41) is 5.11. The Morgan fingerprint density at radius 2 is 1.93 bits per heavy atom. The van der Waals surface area contributed by atoms with Crippen molar-refractivity contribution in [1.82, 2.24) is 9.88 Å². The van der Waals surface area contributed by atoms with Crippen LogP contribution in [0.3, 0.4) is 0 Å². The van der Waals surface area contributed by atoms with Gasteiger partial charge < -0.3 is 15.0 Å². The SMILES string of the molecule is O=C(Nc1ccc(Cl)cc1)N1CC2(CC(Oc3nccc4ccc(F)cc34)C2)C1. The second-order valence-electron chi connectivity index (χ2n) is 7.92. The second kappa shape index (κ2) is 6.88. The lowest BCUT2D eigenvalue weighted by atomic mass is 9.62. The quantitative estimate of drug-likeness (QED) is 0.652. The molecule has 148 valence electrons.